The second kappa shape index (κ2) is 13.4. The molecule has 4 heterocycles. The number of carbonyl (C=O) groups is 1. The predicted octanol–water partition coefficient (Wildman–Crippen LogP) is 5.36. The summed E-state index contributed by atoms with van der Waals surface area (Å²) in [4.78, 5) is 34.4. The van der Waals surface area contributed by atoms with Crippen LogP contribution in [0.2, 0.25) is 5.02 Å². The summed E-state index contributed by atoms with van der Waals surface area (Å²) in [5, 5.41) is 10.5. The maximum Gasteiger partial charge on any atom is 0.410 e. The summed E-state index contributed by atoms with van der Waals surface area (Å²) >= 11 is 6.77. The number of aryl methyl sites for hydroxylation is 1. The first kappa shape index (κ1) is 31.3. The molecule has 0 spiro atoms. The second-order valence-electron chi connectivity index (χ2n) is 13.1. The van der Waals surface area contributed by atoms with Gasteiger partial charge in [0.05, 0.1) is 34.9 Å². The largest absolute Gasteiger partial charge is 0.445 e. The van der Waals surface area contributed by atoms with Gasteiger partial charge in [0, 0.05) is 56.6 Å². The SMILES string of the molecule is CN(C)C1CN(c2nc3c(c(N4CCN(C(=O)OCc5ccccc5)[C@@H](CC#N)C4)n2)CCC(N2CCCc4cccc(Cl)c42)=C3)C1. The van der Waals surface area contributed by atoms with Crippen molar-refractivity contribution in [2.45, 2.75) is 50.8 Å². The van der Waals surface area contributed by atoms with Gasteiger partial charge in [0.25, 0.3) is 0 Å². The number of hydrogen-bond donors (Lipinski definition) is 0. The first-order valence-electron chi connectivity index (χ1n) is 16.6. The van der Waals surface area contributed by atoms with Gasteiger partial charge in [-0.2, -0.15) is 10.2 Å². The monoisotopic (exact) mass is 652 g/mol. The third-order valence-corrected chi connectivity index (χ3v) is 10.2. The fourth-order valence-corrected chi connectivity index (χ4v) is 7.44. The Labute approximate surface area is 281 Å². The Morgan fingerprint density at radius 3 is 2.62 bits per heavy atom. The number of rotatable bonds is 7. The van der Waals surface area contributed by atoms with Gasteiger partial charge in [-0.25, -0.2) is 9.78 Å². The van der Waals surface area contributed by atoms with Gasteiger partial charge >= 0.3 is 6.09 Å². The van der Waals surface area contributed by atoms with E-state index < -0.39 is 0 Å². The smallest absolute Gasteiger partial charge is 0.410 e. The molecule has 3 aliphatic heterocycles. The molecular weight excluding hydrogens is 612 g/mol. The molecule has 2 fully saturated rings. The lowest BCUT2D eigenvalue weighted by atomic mass is 9.95. The van der Waals surface area contributed by atoms with Gasteiger partial charge in [-0.1, -0.05) is 54.1 Å². The van der Waals surface area contributed by atoms with E-state index in [-0.39, 0.29) is 25.2 Å². The van der Waals surface area contributed by atoms with E-state index in [1.807, 2.05) is 42.5 Å². The molecule has 4 aliphatic rings. The number of allylic oxidation sites excluding steroid dienone is 1. The highest BCUT2D eigenvalue weighted by Crippen LogP contribution is 2.41. The minimum atomic E-state index is -0.387. The van der Waals surface area contributed by atoms with Crippen LogP contribution < -0.4 is 14.7 Å². The summed E-state index contributed by atoms with van der Waals surface area (Å²) in [6.45, 7) is 4.42. The molecule has 3 aromatic rings. The van der Waals surface area contributed by atoms with Crippen molar-refractivity contribution in [3.05, 3.63) is 81.6 Å². The number of anilines is 3. The van der Waals surface area contributed by atoms with Crippen LogP contribution in [-0.2, 0) is 24.2 Å². The van der Waals surface area contributed by atoms with Crippen molar-refractivity contribution in [3.63, 3.8) is 0 Å². The van der Waals surface area contributed by atoms with E-state index in [4.69, 9.17) is 26.3 Å². The summed E-state index contributed by atoms with van der Waals surface area (Å²) in [5.74, 6) is 1.64. The number of hydrogen-bond acceptors (Lipinski definition) is 9. The zero-order valence-corrected chi connectivity index (χ0v) is 27.9. The van der Waals surface area contributed by atoms with Gasteiger partial charge in [0.1, 0.15) is 12.4 Å². The number of likely N-dealkylation sites (N-methyl/N-ethyl adjacent to an activating group) is 1. The number of nitriles is 1. The van der Waals surface area contributed by atoms with Crippen LogP contribution in [-0.4, -0.2) is 91.3 Å². The molecule has 1 aromatic heterocycles. The number of nitrogens with zero attached hydrogens (tertiary/aromatic N) is 8. The maximum atomic E-state index is 13.2. The van der Waals surface area contributed by atoms with E-state index in [9.17, 15) is 10.1 Å². The van der Waals surface area contributed by atoms with E-state index in [1.165, 1.54) is 11.3 Å². The van der Waals surface area contributed by atoms with Gasteiger partial charge in [-0.15, -0.1) is 0 Å². The molecule has 0 radical (unpaired) electrons. The molecule has 0 saturated carbocycles. The van der Waals surface area contributed by atoms with Gasteiger partial charge in [0.2, 0.25) is 5.95 Å². The van der Waals surface area contributed by atoms with Gasteiger partial charge in [0.15, 0.2) is 0 Å². The number of amides is 1. The molecule has 2 aromatic carbocycles. The molecule has 1 aliphatic carbocycles. The molecule has 1 amide bonds. The van der Waals surface area contributed by atoms with Crippen molar-refractivity contribution in [1.29, 1.82) is 5.26 Å². The van der Waals surface area contributed by atoms with E-state index >= 15 is 0 Å². The van der Waals surface area contributed by atoms with Crippen LogP contribution in [0, 0.1) is 11.3 Å². The lowest BCUT2D eigenvalue weighted by molar-refractivity contribution is 0.0768. The summed E-state index contributed by atoms with van der Waals surface area (Å²) in [6, 6.07) is 18.3. The molecule has 47 heavy (non-hydrogen) atoms. The molecule has 244 valence electrons. The van der Waals surface area contributed by atoms with Crippen molar-refractivity contribution < 1.29 is 9.53 Å². The fraction of sp³-hybridized carbons (Fsp3) is 0.444. The lowest BCUT2D eigenvalue weighted by Crippen LogP contribution is -2.58. The Balaban J connectivity index is 1.18. The minimum Gasteiger partial charge on any atom is -0.445 e. The summed E-state index contributed by atoms with van der Waals surface area (Å²) < 4.78 is 5.68. The molecule has 1 atom stereocenters. The first-order valence-corrected chi connectivity index (χ1v) is 16.9. The molecule has 11 heteroatoms. The summed E-state index contributed by atoms with van der Waals surface area (Å²) in [7, 11) is 4.22. The molecular formula is C36H41ClN8O2. The van der Waals surface area contributed by atoms with E-state index in [0.29, 0.717) is 25.7 Å². The van der Waals surface area contributed by atoms with Crippen LogP contribution in [0.5, 0.6) is 0 Å². The first-order chi connectivity index (χ1) is 22.9. The number of fused-ring (bicyclic) bond motifs is 2. The van der Waals surface area contributed by atoms with E-state index in [0.717, 1.165) is 84.6 Å². The van der Waals surface area contributed by atoms with Crippen molar-refractivity contribution >= 4 is 41.2 Å². The molecule has 0 bridgehead atoms. The van der Waals surface area contributed by atoms with E-state index in [2.05, 4.69) is 51.9 Å². The molecule has 10 nitrogen and oxygen atoms in total. The molecule has 7 rings (SSSR count). The average molecular weight is 653 g/mol. The van der Waals surface area contributed by atoms with Crippen LogP contribution in [0.1, 0.15) is 41.6 Å². The number of piperazine rings is 1. The molecule has 0 N–H and O–H groups in total. The number of halogens is 1. The quantitative estimate of drug-likeness (QED) is 0.334. The Bertz CT molecular complexity index is 1700. The predicted molar refractivity (Wildman–Crippen MR) is 185 cm³/mol. The van der Waals surface area contributed by atoms with Crippen LogP contribution in [0.4, 0.5) is 22.2 Å². The van der Waals surface area contributed by atoms with Gasteiger partial charge < -0.3 is 29.2 Å². The summed E-state index contributed by atoms with van der Waals surface area (Å²) in [5.41, 5.74) is 6.64. The third-order valence-electron chi connectivity index (χ3n) is 9.88. The highest BCUT2D eigenvalue weighted by molar-refractivity contribution is 6.33. The van der Waals surface area contributed by atoms with Crippen LogP contribution >= 0.6 is 11.6 Å². The standard InChI is InChI=1S/C36H41ClN8O2/c1-41(2)29-22-43(23-29)35-39-32-20-27(44-17-7-11-26-10-6-12-31(37)33(26)44)13-14-30(32)34(40-35)42-18-19-45(28(21-42)15-16-38)36(46)47-24-25-8-4-3-5-9-25/h3-6,8-10,12,20,28-29H,7,11,13-15,17-19,21-24H2,1-2H3/t28-/m0/s1. The minimum absolute atomic E-state index is 0.201. The maximum absolute atomic E-state index is 13.2. The van der Waals surface area contributed by atoms with Gasteiger partial charge in [-0.3, -0.25) is 0 Å². The fourth-order valence-electron chi connectivity index (χ4n) is 7.14. The topological polar surface area (TPSA) is 92.1 Å². The Morgan fingerprint density at radius 2 is 1.83 bits per heavy atom. The van der Waals surface area contributed by atoms with Crippen LogP contribution in [0.3, 0.4) is 0 Å². The van der Waals surface area contributed by atoms with E-state index in [1.54, 1.807) is 4.90 Å². The zero-order chi connectivity index (χ0) is 32.5. The second-order valence-corrected chi connectivity index (χ2v) is 13.5. The summed E-state index contributed by atoms with van der Waals surface area (Å²) in [6.07, 6.45) is 5.83. The molecule has 0 unspecified atom stereocenters. The Morgan fingerprint density at radius 1 is 1.00 bits per heavy atom. The number of aromatic nitrogens is 2. The Hall–Kier alpha value is -4.33. The number of carbonyl (C=O) groups excluding carboxylic acids is 1. The Kier molecular flexibility index (Phi) is 8.93. The lowest BCUT2D eigenvalue weighted by Gasteiger charge is -2.44. The number of ether oxygens (including phenoxy) is 1. The normalized spacial score (nSPS) is 19.5. The number of para-hydroxylation sites is 1. The highest BCUT2D eigenvalue weighted by atomic mass is 35.5. The third kappa shape index (κ3) is 6.34. The van der Waals surface area contributed by atoms with Crippen LogP contribution in [0.25, 0.3) is 6.08 Å². The van der Waals surface area contributed by atoms with Crippen molar-refractivity contribution in [2.75, 3.05) is 68.1 Å². The van der Waals surface area contributed by atoms with Crippen molar-refractivity contribution in [2.24, 2.45) is 0 Å². The van der Waals surface area contributed by atoms with Crippen molar-refractivity contribution in [1.82, 2.24) is 19.8 Å². The number of benzene rings is 2. The molecule has 2 saturated heterocycles. The van der Waals surface area contributed by atoms with Crippen LogP contribution in [0.15, 0.2) is 54.2 Å². The zero-order valence-electron chi connectivity index (χ0n) is 27.1. The van der Waals surface area contributed by atoms with Gasteiger partial charge in [-0.05, 0) is 63.0 Å². The van der Waals surface area contributed by atoms with Crippen molar-refractivity contribution in [3.8, 4) is 6.07 Å². The average Bonchev–Trinajstić information content (AvgIpc) is 3.06. The highest BCUT2D eigenvalue weighted by Gasteiger charge is 2.36.